The first-order chi connectivity index (χ1) is 9.97. The van der Waals surface area contributed by atoms with E-state index in [0.29, 0.717) is 0 Å². The predicted octanol–water partition coefficient (Wildman–Crippen LogP) is 3.49. The van der Waals surface area contributed by atoms with Crippen molar-refractivity contribution in [1.29, 1.82) is 0 Å². The number of carboxylic acids is 1. The predicted molar refractivity (Wildman–Crippen MR) is 58.4 cm³/mol. The molecule has 0 aliphatic heterocycles. The van der Waals surface area contributed by atoms with Crippen molar-refractivity contribution < 1.29 is 58.4 Å². The number of halogens is 9. The summed E-state index contributed by atoms with van der Waals surface area (Å²) in [6, 6.07) is 0. The minimum absolute atomic E-state index is 0.529. The summed E-state index contributed by atoms with van der Waals surface area (Å²) in [7, 11) is 0. The van der Waals surface area contributed by atoms with Crippen LogP contribution in [0.25, 0.3) is 0 Å². The maximum Gasteiger partial charge on any atom is 0.460 e. The van der Waals surface area contributed by atoms with Gasteiger partial charge in [-0.15, -0.1) is 0 Å². The molecule has 0 amide bonds. The number of hydrogen-bond donors (Lipinski definition) is 2. The molecular weight excluding hydrogens is 375 g/mol. The highest BCUT2D eigenvalue weighted by Crippen LogP contribution is 2.53. The van der Waals surface area contributed by atoms with E-state index in [2.05, 4.69) is 23.7 Å². The average Bonchev–Trinajstić information content (AvgIpc) is 2.35. The van der Waals surface area contributed by atoms with Crippen molar-refractivity contribution in [3.8, 4) is 0 Å². The molecule has 0 radical (unpaired) electrons. The zero-order valence-electron chi connectivity index (χ0n) is 10.5. The van der Waals surface area contributed by atoms with Crippen molar-refractivity contribution in [2.75, 3.05) is 0 Å². The molecule has 0 aromatic heterocycles. The lowest BCUT2D eigenvalue weighted by Gasteiger charge is -2.32. The molecule has 4 nitrogen and oxygen atoms in total. The molecule has 1 N–H and O–H groups in total. The lowest BCUT2D eigenvalue weighted by molar-refractivity contribution is -0.395. The highest BCUT2D eigenvalue weighted by molar-refractivity contribution is 7.75. The van der Waals surface area contributed by atoms with Crippen molar-refractivity contribution in [3.63, 3.8) is 0 Å². The van der Waals surface area contributed by atoms with E-state index in [-0.39, 0.29) is 0 Å². The minimum Gasteiger partial charge on any atom is -0.481 e. The van der Waals surface area contributed by atoms with Crippen molar-refractivity contribution in [3.05, 3.63) is 12.7 Å². The van der Waals surface area contributed by atoms with Gasteiger partial charge in [-0.3, -0.25) is 4.79 Å². The summed E-state index contributed by atoms with van der Waals surface area (Å²) in [4.78, 5) is 19.5. The van der Waals surface area contributed by atoms with Crippen LogP contribution in [0.15, 0.2) is 12.7 Å². The summed E-state index contributed by atoms with van der Waals surface area (Å²) in [5.41, 5.74) is 0. The number of rotatable bonds is 5. The zero-order chi connectivity index (χ0) is 19.3. The van der Waals surface area contributed by atoms with Crippen molar-refractivity contribution in [1.82, 2.24) is 0 Å². The lowest BCUT2D eigenvalue weighted by Crippen LogP contribution is -2.61. The molecule has 0 saturated carbocycles. The van der Waals surface area contributed by atoms with Crippen LogP contribution in [0.5, 0.6) is 0 Å². The van der Waals surface area contributed by atoms with Crippen LogP contribution in [0.2, 0.25) is 0 Å². The Hall–Kier alpha value is -1.60. The molecule has 0 rings (SSSR count). The number of carboxylic acid groups (broad SMARTS) is 1. The Morgan fingerprint density at radius 3 is 1.57 bits per heavy atom. The van der Waals surface area contributed by atoms with Gasteiger partial charge in [0.1, 0.15) is 6.42 Å². The van der Waals surface area contributed by atoms with Gasteiger partial charge in [0.05, 0.1) is 0 Å². The standard InChI is InChI=1S/C6H3F9O2.C3H4O2S/c7-3(8,1-2(16)17)4(9,10)5(11,12)6(13,14)15;1-2-3(4)5-6/h1H2,(H,16,17);2,6H,1H2. The second-order valence-electron chi connectivity index (χ2n) is 3.54. The Morgan fingerprint density at radius 2 is 1.39 bits per heavy atom. The molecule has 0 aromatic carbocycles. The third-order valence-electron chi connectivity index (χ3n) is 1.84. The van der Waals surface area contributed by atoms with Gasteiger partial charge in [-0.1, -0.05) is 6.58 Å². The third-order valence-corrected chi connectivity index (χ3v) is 2.02. The van der Waals surface area contributed by atoms with Crippen LogP contribution in [0.1, 0.15) is 6.42 Å². The number of aliphatic carboxylic acids is 1. The summed E-state index contributed by atoms with van der Waals surface area (Å²) in [5, 5.41) is 7.74. The molecule has 0 bridgehead atoms. The van der Waals surface area contributed by atoms with E-state index in [1.165, 1.54) is 0 Å². The second-order valence-corrected chi connectivity index (χ2v) is 3.72. The molecule has 0 heterocycles. The van der Waals surface area contributed by atoms with Crippen LogP contribution in [0, 0.1) is 0 Å². The molecule has 0 atom stereocenters. The zero-order valence-corrected chi connectivity index (χ0v) is 11.4. The van der Waals surface area contributed by atoms with Crippen LogP contribution < -0.4 is 0 Å². The van der Waals surface area contributed by atoms with Crippen molar-refractivity contribution in [2.45, 2.75) is 30.4 Å². The molecule has 14 heteroatoms. The van der Waals surface area contributed by atoms with Crippen molar-refractivity contribution in [2.24, 2.45) is 0 Å². The first-order valence-electron chi connectivity index (χ1n) is 4.87. The third kappa shape index (κ3) is 5.84. The Kier molecular flexibility index (Phi) is 8.01. The number of carbonyl (C=O) groups is 2. The SMILES string of the molecule is C=CC(=O)OS.O=C(O)CC(F)(F)C(F)(F)C(F)(F)C(F)(F)F. The monoisotopic (exact) mass is 382 g/mol. The number of thiol groups is 1. The van der Waals surface area contributed by atoms with E-state index in [1.807, 2.05) is 0 Å². The molecule has 0 aliphatic rings. The van der Waals surface area contributed by atoms with Crippen LogP contribution in [-0.2, 0) is 13.8 Å². The summed E-state index contributed by atoms with van der Waals surface area (Å²) >= 11 is 3.17. The van der Waals surface area contributed by atoms with E-state index >= 15 is 0 Å². The Bertz CT molecular complexity index is 447. The van der Waals surface area contributed by atoms with Crippen LogP contribution in [0.4, 0.5) is 39.5 Å². The van der Waals surface area contributed by atoms with Gasteiger partial charge in [-0.2, -0.15) is 39.5 Å². The second kappa shape index (κ2) is 7.79. The minimum atomic E-state index is -7.04. The van der Waals surface area contributed by atoms with E-state index in [1.54, 1.807) is 0 Å². The fraction of sp³-hybridized carbons (Fsp3) is 0.556. The maximum absolute atomic E-state index is 12.4. The summed E-state index contributed by atoms with van der Waals surface area (Å²) in [6.07, 6.45) is -8.75. The Morgan fingerprint density at radius 1 is 1.00 bits per heavy atom. The fourth-order valence-corrected chi connectivity index (χ4v) is 0.820. The molecule has 0 aromatic rings. The molecular formula is C9H7F9O4S. The molecule has 136 valence electrons. The van der Waals surface area contributed by atoms with Crippen LogP contribution >= 0.6 is 12.9 Å². The fourth-order valence-electron chi connectivity index (χ4n) is 0.746. The van der Waals surface area contributed by atoms with Crippen molar-refractivity contribution >= 4 is 24.8 Å². The molecule has 0 fully saturated rings. The molecule has 0 aliphatic carbocycles. The normalized spacial score (nSPS) is 12.8. The number of hydrogen-bond acceptors (Lipinski definition) is 4. The molecule has 0 saturated heterocycles. The topological polar surface area (TPSA) is 63.6 Å². The molecule has 0 spiro atoms. The number of carbonyl (C=O) groups excluding carboxylic acids is 1. The number of alkyl halides is 9. The van der Waals surface area contributed by atoms with Gasteiger partial charge in [0.15, 0.2) is 0 Å². The van der Waals surface area contributed by atoms with Gasteiger partial charge >= 0.3 is 35.9 Å². The smallest absolute Gasteiger partial charge is 0.460 e. The largest absolute Gasteiger partial charge is 0.481 e. The summed E-state index contributed by atoms with van der Waals surface area (Å²) in [5.74, 6) is -23.1. The molecule has 0 unspecified atom stereocenters. The molecule has 23 heavy (non-hydrogen) atoms. The summed E-state index contributed by atoms with van der Waals surface area (Å²) in [6.45, 7) is 3.11. The first-order valence-corrected chi connectivity index (χ1v) is 5.24. The van der Waals surface area contributed by atoms with Gasteiger partial charge in [-0.05, 0) is 0 Å². The van der Waals surface area contributed by atoms with E-state index in [9.17, 15) is 49.1 Å². The van der Waals surface area contributed by atoms with E-state index < -0.39 is 42.3 Å². The Labute approximate surface area is 127 Å². The van der Waals surface area contributed by atoms with Gasteiger partial charge in [-0.25, -0.2) is 4.79 Å². The first kappa shape index (κ1) is 23.7. The van der Waals surface area contributed by atoms with Gasteiger partial charge in [0.25, 0.3) is 0 Å². The highest BCUT2D eigenvalue weighted by atomic mass is 32.1. The highest BCUT2D eigenvalue weighted by Gasteiger charge is 2.81. The summed E-state index contributed by atoms with van der Waals surface area (Å²) < 4.78 is 112. The van der Waals surface area contributed by atoms with E-state index in [0.717, 1.165) is 6.08 Å². The van der Waals surface area contributed by atoms with Gasteiger partial charge in [0, 0.05) is 19.0 Å². The quantitative estimate of drug-likeness (QED) is 0.331. The Balaban J connectivity index is 0. The van der Waals surface area contributed by atoms with Crippen LogP contribution in [-0.4, -0.2) is 41.0 Å². The average molecular weight is 382 g/mol. The van der Waals surface area contributed by atoms with Gasteiger partial charge < -0.3 is 9.29 Å². The van der Waals surface area contributed by atoms with Gasteiger partial charge in [0.2, 0.25) is 0 Å². The maximum atomic E-state index is 12.4. The van der Waals surface area contributed by atoms with E-state index in [4.69, 9.17) is 5.11 Å². The lowest BCUT2D eigenvalue weighted by atomic mass is 10.0. The van der Waals surface area contributed by atoms with Crippen LogP contribution in [0.3, 0.4) is 0 Å².